The third-order valence-corrected chi connectivity index (χ3v) is 3.50. The van der Waals surface area contributed by atoms with Gasteiger partial charge in [0, 0.05) is 18.1 Å². The number of carbonyl (C=O) groups is 1. The largest absolute Gasteiger partial charge is 0.321 e. The first-order valence-corrected chi connectivity index (χ1v) is 6.98. The molecule has 3 rings (SSSR count). The lowest BCUT2D eigenvalue weighted by Gasteiger charge is -2.09. The summed E-state index contributed by atoms with van der Waals surface area (Å²) >= 11 is 0. The highest BCUT2D eigenvalue weighted by Gasteiger charge is 2.10. The second-order valence-corrected chi connectivity index (χ2v) is 5.30. The molecule has 106 valence electrons. The zero-order valence-corrected chi connectivity index (χ0v) is 12.1. The predicted molar refractivity (Wildman–Crippen MR) is 83.7 cm³/mol. The summed E-state index contributed by atoms with van der Waals surface area (Å²) < 4.78 is 1.78. The van der Waals surface area contributed by atoms with Crippen LogP contribution in [0.2, 0.25) is 0 Å². The van der Waals surface area contributed by atoms with Crippen molar-refractivity contribution in [2.75, 3.05) is 5.32 Å². The van der Waals surface area contributed by atoms with Crippen molar-refractivity contribution in [3.8, 4) is 0 Å². The van der Waals surface area contributed by atoms with Crippen molar-refractivity contribution in [2.24, 2.45) is 0 Å². The van der Waals surface area contributed by atoms with Gasteiger partial charge in [0.25, 0.3) is 5.91 Å². The van der Waals surface area contributed by atoms with Crippen LogP contribution < -0.4 is 5.32 Å². The number of fused-ring (bicyclic) bond motifs is 1. The Morgan fingerprint density at radius 3 is 2.62 bits per heavy atom. The van der Waals surface area contributed by atoms with Gasteiger partial charge in [0.2, 0.25) is 0 Å². The minimum atomic E-state index is -0.143. The maximum Gasteiger partial charge on any atom is 0.272 e. The fourth-order valence-electron chi connectivity index (χ4n) is 2.28. The molecule has 0 unspecified atom stereocenters. The maximum atomic E-state index is 12.4. The summed E-state index contributed by atoms with van der Waals surface area (Å²) in [6.07, 6.45) is 3.47. The Balaban J connectivity index is 1.84. The summed E-state index contributed by atoms with van der Waals surface area (Å²) in [5.74, 6) is 0.338. The molecular formula is C17H17N3O. The zero-order chi connectivity index (χ0) is 14.8. The molecule has 21 heavy (non-hydrogen) atoms. The number of rotatable bonds is 3. The Kier molecular flexibility index (Phi) is 3.44. The van der Waals surface area contributed by atoms with E-state index >= 15 is 0 Å². The average molecular weight is 279 g/mol. The first-order valence-electron chi connectivity index (χ1n) is 6.98. The Hall–Kier alpha value is -2.62. The highest BCUT2D eigenvalue weighted by molar-refractivity contribution is 6.03. The number of aromatic nitrogens is 2. The minimum Gasteiger partial charge on any atom is -0.321 e. The maximum absolute atomic E-state index is 12.4. The molecule has 4 nitrogen and oxygen atoms in total. The van der Waals surface area contributed by atoms with E-state index in [9.17, 15) is 4.79 Å². The number of benzene rings is 1. The first kappa shape index (κ1) is 13.4. The Morgan fingerprint density at radius 2 is 1.90 bits per heavy atom. The highest BCUT2D eigenvalue weighted by Crippen LogP contribution is 2.18. The molecule has 0 spiro atoms. The number of nitrogens with one attached hydrogen (secondary N) is 1. The molecular weight excluding hydrogens is 262 g/mol. The monoisotopic (exact) mass is 279 g/mol. The van der Waals surface area contributed by atoms with Gasteiger partial charge in [-0.3, -0.25) is 9.20 Å². The van der Waals surface area contributed by atoms with Crippen LogP contribution in [-0.2, 0) is 0 Å². The minimum absolute atomic E-state index is 0.143. The lowest BCUT2D eigenvalue weighted by Crippen LogP contribution is -2.15. The van der Waals surface area contributed by atoms with Gasteiger partial charge in [-0.15, -0.1) is 0 Å². The van der Waals surface area contributed by atoms with E-state index in [0.29, 0.717) is 11.6 Å². The lowest BCUT2D eigenvalue weighted by molar-refractivity contribution is 0.102. The summed E-state index contributed by atoms with van der Waals surface area (Å²) in [6.45, 7) is 4.29. The summed E-state index contributed by atoms with van der Waals surface area (Å²) in [4.78, 5) is 16.6. The standard InChI is InChI=1S/C17H17N3O/c1-12(2)13-6-8-14(9-7-13)19-17(21)15-4-3-5-16-18-10-11-20(15)16/h3-12H,1-2H3,(H,19,21). The van der Waals surface area contributed by atoms with Crippen molar-refractivity contribution in [3.05, 3.63) is 66.1 Å². The smallest absolute Gasteiger partial charge is 0.272 e. The second-order valence-electron chi connectivity index (χ2n) is 5.30. The fourth-order valence-corrected chi connectivity index (χ4v) is 2.28. The molecule has 0 saturated heterocycles. The van der Waals surface area contributed by atoms with E-state index in [-0.39, 0.29) is 5.91 Å². The van der Waals surface area contributed by atoms with Crippen molar-refractivity contribution in [3.63, 3.8) is 0 Å². The molecule has 0 aliphatic heterocycles. The number of hydrogen-bond acceptors (Lipinski definition) is 2. The molecule has 0 bridgehead atoms. The molecule has 4 heteroatoms. The molecule has 0 aliphatic carbocycles. The van der Waals surface area contributed by atoms with Crippen molar-refractivity contribution in [1.82, 2.24) is 9.38 Å². The van der Waals surface area contributed by atoms with E-state index in [2.05, 4.69) is 24.1 Å². The van der Waals surface area contributed by atoms with Gasteiger partial charge < -0.3 is 5.32 Å². The fraction of sp³-hybridized carbons (Fsp3) is 0.176. The summed E-state index contributed by atoms with van der Waals surface area (Å²) in [5.41, 5.74) is 3.38. The Labute approximate surface area is 123 Å². The van der Waals surface area contributed by atoms with Crippen molar-refractivity contribution in [2.45, 2.75) is 19.8 Å². The number of imidazole rings is 1. The number of pyridine rings is 1. The van der Waals surface area contributed by atoms with Crippen LogP contribution in [0, 0.1) is 0 Å². The van der Waals surface area contributed by atoms with Crippen molar-refractivity contribution >= 4 is 17.2 Å². The van der Waals surface area contributed by atoms with Gasteiger partial charge in [0.15, 0.2) is 0 Å². The molecule has 2 aromatic heterocycles. The topological polar surface area (TPSA) is 46.4 Å². The van der Waals surface area contributed by atoms with Crippen molar-refractivity contribution in [1.29, 1.82) is 0 Å². The number of hydrogen-bond donors (Lipinski definition) is 1. The Morgan fingerprint density at radius 1 is 1.14 bits per heavy atom. The zero-order valence-electron chi connectivity index (χ0n) is 12.1. The first-order chi connectivity index (χ1) is 10.1. The molecule has 3 aromatic rings. The normalized spacial score (nSPS) is 11.0. The van der Waals surface area contributed by atoms with Crippen LogP contribution in [0.15, 0.2) is 54.9 Å². The molecule has 0 saturated carbocycles. The molecule has 1 aromatic carbocycles. The molecule has 2 heterocycles. The van der Waals surface area contributed by atoms with Gasteiger partial charge in [-0.1, -0.05) is 32.0 Å². The third-order valence-electron chi connectivity index (χ3n) is 3.50. The van der Waals surface area contributed by atoms with Crippen LogP contribution in [-0.4, -0.2) is 15.3 Å². The van der Waals surface area contributed by atoms with Gasteiger partial charge in [-0.2, -0.15) is 0 Å². The van der Waals surface area contributed by atoms with Gasteiger partial charge in [0.1, 0.15) is 11.3 Å². The number of nitrogens with zero attached hydrogens (tertiary/aromatic N) is 2. The predicted octanol–water partition coefficient (Wildman–Crippen LogP) is 3.71. The second kappa shape index (κ2) is 5.40. The summed E-state index contributed by atoms with van der Waals surface area (Å²) in [5, 5.41) is 2.92. The van der Waals surface area contributed by atoms with Crippen LogP contribution in [0.3, 0.4) is 0 Å². The van der Waals surface area contributed by atoms with Crippen molar-refractivity contribution < 1.29 is 4.79 Å². The molecule has 0 radical (unpaired) electrons. The van der Waals surface area contributed by atoms with Gasteiger partial charge in [-0.05, 0) is 35.7 Å². The van der Waals surface area contributed by atoms with Gasteiger partial charge in [-0.25, -0.2) is 4.98 Å². The van der Waals surface area contributed by atoms with Gasteiger partial charge >= 0.3 is 0 Å². The summed E-state index contributed by atoms with van der Waals surface area (Å²) in [6, 6.07) is 13.4. The average Bonchev–Trinajstić information content (AvgIpc) is 2.96. The van der Waals surface area contributed by atoms with E-state index in [1.54, 1.807) is 22.9 Å². The van der Waals surface area contributed by atoms with E-state index in [1.807, 2.05) is 36.4 Å². The number of amides is 1. The van der Waals surface area contributed by atoms with Gasteiger partial charge in [0.05, 0.1) is 0 Å². The van der Waals surface area contributed by atoms with E-state index in [0.717, 1.165) is 11.3 Å². The van der Waals surface area contributed by atoms with Crippen LogP contribution >= 0.6 is 0 Å². The molecule has 0 fully saturated rings. The highest BCUT2D eigenvalue weighted by atomic mass is 16.1. The SMILES string of the molecule is CC(C)c1ccc(NC(=O)c2cccc3nccn23)cc1. The molecule has 0 atom stereocenters. The Bertz CT molecular complexity index is 772. The summed E-state index contributed by atoms with van der Waals surface area (Å²) in [7, 11) is 0. The molecule has 1 amide bonds. The van der Waals surface area contributed by atoms with Crippen LogP contribution in [0.25, 0.3) is 5.65 Å². The third kappa shape index (κ3) is 2.65. The van der Waals surface area contributed by atoms with E-state index in [1.165, 1.54) is 5.56 Å². The van der Waals surface area contributed by atoms with Crippen LogP contribution in [0.4, 0.5) is 5.69 Å². The molecule has 1 N–H and O–H groups in total. The van der Waals surface area contributed by atoms with E-state index < -0.39 is 0 Å². The number of carbonyl (C=O) groups excluding carboxylic acids is 1. The van der Waals surface area contributed by atoms with E-state index in [4.69, 9.17) is 0 Å². The quantitative estimate of drug-likeness (QED) is 0.794. The molecule has 0 aliphatic rings. The van der Waals surface area contributed by atoms with Crippen LogP contribution in [0.5, 0.6) is 0 Å². The lowest BCUT2D eigenvalue weighted by atomic mass is 10.0. The van der Waals surface area contributed by atoms with Crippen LogP contribution in [0.1, 0.15) is 35.8 Å². The number of anilines is 1.